The van der Waals surface area contributed by atoms with Gasteiger partial charge in [0.15, 0.2) is 0 Å². The summed E-state index contributed by atoms with van der Waals surface area (Å²) >= 11 is 2.88. The molecule has 0 radical (unpaired) electrons. The lowest BCUT2D eigenvalue weighted by Gasteiger charge is -2.13. The van der Waals surface area contributed by atoms with Gasteiger partial charge < -0.3 is 10.1 Å². The standard InChI is InChI=1S/C17H20N4O2S2/c1-17(2,3)13-9-21-15(19-13)25-16(20-21)23-12-7-5-11(6-8-12)18-14(22)10-24-4/h5-9H,10H2,1-4H3,(H,18,22). The number of anilines is 1. The third-order valence-electron chi connectivity index (χ3n) is 3.41. The van der Waals surface area contributed by atoms with Gasteiger partial charge in [0.05, 0.1) is 17.6 Å². The summed E-state index contributed by atoms with van der Waals surface area (Å²) < 4.78 is 7.53. The van der Waals surface area contributed by atoms with Crippen molar-refractivity contribution < 1.29 is 9.53 Å². The quantitative estimate of drug-likeness (QED) is 0.723. The molecule has 0 aliphatic heterocycles. The van der Waals surface area contributed by atoms with E-state index in [1.54, 1.807) is 16.6 Å². The maximum Gasteiger partial charge on any atom is 0.299 e. The van der Waals surface area contributed by atoms with E-state index in [0.717, 1.165) is 16.3 Å². The average molecular weight is 377 g/mol. The number of aromatic nitrogens is 3. The number of ether oxygens (including phenoxy) is 1. The average Bonchev–Trinajstić information content (AvgIpc) is 3.07. The van der Waals surface area contributed by atoms with Gasteiger partial charge in [0.1, 0.15) is 5.75 Å². The Labute approximate surface area is 154 Å². The van der Waals surface area contributed by atoms with E-state index in [0.29, 0.717) is 16.7 Å². The lowest BCUT2D eigenvalue weighted by atomic mass is 9.93. The third-order valence-corrected chi connectivity index (χ3v) is 4.76. The topological polar surface area (TPSA) is 68.5 Å². The first kappa shape index (κ1) is 17.8. The molecule has 0 fully saturated rings. The summed E-state index contributed by atoms with van der Waals surface area (Å²) in [5.74, 6) is 1.08. The molecule has 0 spiro atoms. The summed E-state index contributed by atoms with van der Waals surface area (Å²) in [5.41, 5.74) is 1.74. The Morgan fingerprint density at radius 1 is 1.32 bits per heavy atom. The van der Waals surface area contributed by atoms with Crippen LogP contribution in [0.25, 0.3) is 4.96 Å². The number of amides is 1. The van der Waals surface area contributed by atoms with Crippen LogP contribution in [0.3, 0.4) is 0 Å². The fraction of sp³-hybridized carbons (Fsp3) is 0.353. The first-order chi connectivity index (χ1) is 11.8. The van der Waals surface area contributed by atoms with Crippen LogP contribution in [0.2, 0.25) is 0 Å². The van der Waals surface area contributed by atoms with Gasteiger partial charge in [-0.1, -0.05) is 20.8 Å². The summed E-state index contributed by atoms with van der Waals surface area (Å²) in [4.78, 5) is 17.0. The second-order valence-corrected chi connectivity index (χ2v) is 8.36. The summed E-state index contributed by atoms with van der Waals surface area (Å²) in [6, 6.07) is 7.23. The van der Waals surface area contributed by atoms with E-state index >= 15 is 0 Å². The molecule has 0 bridgehead atoms. The van der Waals surface area contributed by atoms with E-state index in [1.165, 1.54) is 23.1 Å². The fourth-order valence-electron chi connectivity index (χ4n) is 2.12. The molecule has 2 aromatic heterocycles. The van der Waals surface area contributed by atoms with Crippen molar-refractivity contribution in [3.05, 3.63) is 36.2 Å². The van der Waals surface area contributed by atoms with Crippen LogP contribution in [0.15, 0.2) is 30.5 Å². The number of thioether (sulfide) groups is 1. The van der Waals surface area contributed by atoms with E-state index in [9.17, 15) is 4.79 Å². The number of hydrogen-bond donors (Lipinski definition) is 1. The van der Waals surface area contributed by atoms with Crippen LogP contribution in [0, 0.1) is 0 Å². The van der Waals surface area contributed by atoms with Gasteiger partial charge in [-0.15, -0.1) is 5.10 Å². The molecule has 6 nitrogen and oxygen atoms in total. The first-order valence-electron chi connectivity index (χ1n) is 7.78. The lowest BCUT2D eigenvalue weighted by molar-refractivity contribution is -0.113. The number of hydrogen-bond acceptors (Lipinski definition) is 6. The molecule has 132 valence electrons. The minimum atomic E-state index is -0.0167. The van der Waals surface area contributed by atoms with Crippen LogP contribution in [-0.4, -0.2) is 32.5 Å². The van der Waals surface area contributed by atoms with Gasteiger partial charge in [0, 0.05) is 11.1 Å². The molecular formula is C17H20N4O2S2. The molecule has 1 aromatic carbocycles. The Hall–Kier alpha value is -2.06. The van der Waals surface area contributed by atoms with Gasteiger partial charge in [-0.25, -0.2) is 9.50 Å². The van der Waals surface area contributed by atoms with E-state index < -0.39 is 0 Å². The number of carbonyl (C=O) groups is 1. The van der Waals surface area contributed by atoms with Gasteiger partial charge in [-0.3, -0.25) is 4.79 Å². The number of carbonyl (C=O) groups excluding carboxylic acids is 1. The Morgan fingerprint density at radius 3 is 2.64 bits per heavy atom. The first-order valence-corrected chi connectivity index (χ1v) is 9.99. The highest BCUT2D eigenvalue weighted by molar-refractivity contribution is 7.99. The zero-order valence-electron chi connectivity index (χ0n) is 14.6. The van der Waals surface area contributed by atoms with Crippen LogP contribution in [0.5, 0.6) is 10.9 Å². The largest absolute Gasteiger partial charge is 0.430 e. The predicted molar refractivity (Wildman–Crippen MR) is 103 cm³/mol. The molecule has 3 aromatic rings. The van der Waals surface area contributed by atoms with Crippen molar-refractivity contribution in [1.29, 1.82) is 0 Å². The molecule has 0 unspecified atom stereocenters. The highest BCUT2D eigenvalue weighted by Gasteiger charge is 2.19. The van der Waals surface area contributed by atoms with Gasteiger partial charge in [-0.05, 0) is 41.9 Å². The third kappa shape index (κ3) is 4.32. The summed E-state index contributed by atoms with van der Waals surface area (Å²) in [6.07, 6.45) is 3.83. The van der Waals surface area contributed by atoms with E-state index in [1.807, 2.05) is 24.6 Å². The van der Waals surface area contributed by atoms with Gasteiger partial charge >= 0.3 is 0 Å². The van der Waals surface area contributed by atoms with Crippen molar-refractivity contribution in [2.75, 3.05) is 17.3 Å². The summed E-state index contributed by atoms with van der Waals surface area (Å²) in [5, 5.41) is 7.77. The maximum absolute atomic E-state index is 11.6. The highest BCUT2D eigenvalue weighted by atomic mass is 32.2. The highest BCUT2D eigenvalue weighted by Crippen LogP contribution is 2.30. The molecule has 0 atom stereocenters. The molecule has 0 aliphatic rings. The van der Waals surface area contributed by atoms with Crippen molar-refractivity contribution in [2.24, 2.45) is 0 Å². The Balaban J connectivity index is 1.68. The zero-order chi connectivity index (χ0) is 18.0. The Bertz CT molecular complexity index is 847. The molecule has 0 saturated carbocycles. The number of benzene rings is 1. The molecule has 2 heterocycles. The smallest absolute Gasteiger partial charge is 0.299 e. The van der Waals surface area contributed by atoms with Crippen molar-refractivity contribution in [3.8, 4) is 10.9 Å². The monoisotopic (exact) mass is 376 g/mol. The van der Waals surface area contributed by atoms with Crippen LogP contribution < -0.4 is 10.1 Å². The zero-order valence-corrected chi connectivity index (χ0v) is 16.2. The van der Waals surface area contributed by atoms with Crippen LogP contribution in [0.1, 0.15) is 26.5 Å². The Morgan fingerprint density at radius 2 is 2.04 bits per heavy atom. The van der Waals surface area contributed by atoms with Crippen molar-refractivity contribution in [3.63, 3.8) is 0 Å². The number of imidazole rings is 1. The van der Waals surface area contributed by atoms with Gasteiger partial charge in [0.2, 0.25) is 10.9 Å². The van der Waals surface area contributed by atoms with Gasteiger partial charge in [0.25, 0.3) is 5.19 Å². The van der Waals surface area contributed by atoms with E-state index in [4.69, 9.17) is 4.74 Å². The summed E-state index contributed by atoms with van der Waals surface area (Å²) in [6.45, 7) is 6.36. The molecule has 25 heavy (non-hydrogen) atoms. The van der Waals surface area contributed by atoms with Crippen LogP contribution >= 0.6 is 23.1 Å². The predicted octanol–water partition coefficient (Wildman–Crippen LogP) is 4.18. The molecule has 0 aliphatic carbocycles. The second-order valence-electron chi connectivity index (χ2n) is 6.58. The Kier molecular flexibility index (Phi) is 5.01. The fourth-order valence-corrected chi connectivity index (χ4v) is 3.21. The maximum atomic E-state index is 11.6. The van der Waals surface area contributed by atoms with E-state index in [2.05, 4.69) is 36.2 Å². The van der Waals surface area contributed by atoms with Crippen molar-refractivity contribution >= 4 is 39.7 Å². The molecular weight excluding hydrogens is 356 g/mol. The minimum Gasteiger partial charge on any atom is -0.430 e. The normalized spacial score (nSPS) is 11.7. The molecule has 0 saturated heterocycles. The molecule has 1 N–H and O–H groups in total. The number of rotatable bonds is 5. The number of nitrogens with zero attached hydrogens (tertiary/aromatic N) is 3. The molecule has 3 rings (SSSR count). The van der Waals surface area contributed by atoms with Crippen LogP contribution in [-0.2, 0) is 10.2 Å². The summed E-state index contributed by atoms with van der Waals surface area (Å²) in [7, 11) is 0. The SMILES string of the molecule is CSCC(=O)Nc1ccc(Oc2nn3cc(C(C)(C)C)nc3s2)cc1. The molecule has 1 amide bonds. The number of nitrogens with one attached hydrogen (secondary N) is 1. The van der Waals surface area contributed by atoms with E-state index in [-0.39, 0.29) is 11.3 Å². The van der Waals surface area contributed by atoms with Crippen molar-refractivity contribution in [1.82, 2.24) is 14.6 Å². The van der Waals surface area contributed by atoms with Gasteiger partial charge in [-0.2, -0.15) is 11.8 Å². The van der Waals surface area contributed by atoms with Crippen molar-refractivity contribution in [2.45, 2.75) is 26.2 Å². The minimum absolute atomic E-state index is 0.00894. The number of fused-ring (bicyclic) bond motifs is 1. The van der Waals surface area contributed by atoms with Crippen LogP contribution in [0.4, 0.5) is 5.69 Å². The lowest BCUT2D eigenvalue weighted by Crippen LogP contribution is -2.13. The second kappa shape index (κ2) is 7.05. The molecule has 8 heteroatoms.